The molecule has 0 unspecified atom stereocenters. The number of rotatable bonds is 1. The molecule has 4 fully saturated rings. The predicted molar refractivity (Wildman–Crippen MR) is 116 cm³/mol. The summed E-state index contributed by atoms with van der Waals surface area (Å²) in [5.41, 5.74) is 5.60. The molecule has 2 saturated heterocycles. The van der Waals surface area contributed by atoms with E-state index in [1.807, 2.05) is 6.07 Å². The molecule has 0 spiro atoms. The number of hydrogen-bond donors (Lipinski definition) is 2. The molecule has 2 N–H and O–H groups in total. The summed E-state index contributed by atoms with van der Waals surface area (Å²) in [4.78, 5) is 12.3. The molecule has 1 aromatic carbocycles. The Morgan fingerprint density at radius 3 is 2.80 bits per heavy atom. The van der Waals surface area contributed by atoms with Crippen LogP contribution in [0.4, 0.5) is 5.95 Å². The Kier molecular flexibility index (Phi) is 3.25. The normalized spacial score (nSPS) is 40.3. The van der Waals surface area contributed by atoms with E-state index in [1.165, 1.54) is 36.8 Å². The highest BCUT2D eigenvalue weighted by atomic mass is 16.3. The van der Waals surface area contributed by atoms with Gasteiger partial charge in [-0.2, -0.15) is 0 Å². The van der Waals surface area contributed by atoms with E-state index in [0.29, 0.717) is 35.1 Å². The molecule has 156 valence electrons. The maximum absolute atomic E-state index is 10.5. The lowest BCUT2D eigenvalue weighted by Gasteiger charge is -2.64. The summed E-state index contributed by atoms with van der Waals surface area (Å²) >= 11 is 0. The summed E-state index contributed by atoms with van der Waals surface area (Å²) in [6.45, 7) is 6.34. The average Bonchev–Trinajstić information content (AvgIpc) is 3.14. The van der Waals surface area contributed by atoms with Gasteiger partial charge >= 0.3 is 0 Å². The van der Waals surface area contributed by atoms with Gasteiger partial charge in [-0.05, 0) is 99.1 Å². The van der Waals surface area contributed by atoms with Crippen LogP contribution in [0, 0.1) is 31.1 Å². The number of piperidine rings is 1. The number of nitrogens with zero attached hydrogens (tertiary/aromatic N) is 3. The molecule has 2 aromatic rings. The third kappa shape index (κ3) is 1.89. The Morgan fingerprint density at radius 2 is 1.97 bits per heavy atom. The molecule has 1 aromatic heterocycles. The van der Waals surface area contributed by atoms with Gasteiger partial charge in [0, 0.05) is 35.4 Å². The van der Waals surface area contributed by atoms with Crippen LogP contribution < -0.4 is 10.2 Å². The molecule has 5 aliphatic rings. The second-order valence-electron chi connectivity index (χ2n) is 10.6. The number of aryl methyl sites for hydroxylation is 2. The number of phenolic OH excluding ortho intramolecular Hbond substituents is 1. The largest absolute Gasteiger partial charge is 0.508 e. The smallest absolute Gasteiger partial charge is 0.226 e. The fourth-order valence-electron chi connectivity index (χ4n) is 8.96. The van der Waals surface area contributed by atoms with E-state index in [9.17, 15) is 5.11 Å². The van der Waals surface area contributed by atoms with Gasteiger partial charge in [0.2, 0.25) is 5.95 Å². The average molecular weight is 403 g/mol. The summed E-state index contributed by atoms with van der Waals surface area (Å²) in [6, 6.07) is 9.38. The predicted octanol–water partition coefficient (Wildman–Crippen LogP) is 3.26. The standard InChI is InChI=1S/C25H30N4O/c1-14-9-15(2)28-23(27-14)29-13-17-12-24-6-5-20(29)22(17)25(24)7-8-26-21(24)10-16-3-4-18(30)11-19(16)25/h3-4,9,11,17,20-22,26,30H,5-8,10,12-13H2,1-2H3/t17-,20-,21-,22-,24-,25+/m1/s1. The van der Waals surface area contributed by atoms with Crippen LogP contribution in [0.2, 0.25) is 0 Å². The number of aromatic hydroxyl groups is 1. The number of anilines is 1. The van der Waals surface area contributed by atoms with Crippen molar-refractivity contribution in [2.24, 2.45) is 17.3 Å². The van der Waals surface area contributed by atoms with Crippen LogP contribution in [0.15, 0.2) is 24.3 Å². The van der Waals surface area contributed by atoms with Gasteiger partial charge in [-0.15, -0.1) is 0 Å². The zero-order valence-corrected chi connectivity index (χ0v) is 17.9. The van der Waals surface area contributed by atoms with E-state index in [1.54, 1.807) is 0 Å². The topological polar surface area (TPSA) is 61.3 Å². The molecule has 0 radical (unpaired) electrons. The monoisotopic (exact) mass is 402 g/mol. The molecule has 2 aliphatic heterocycles. The van der Waals surface area contributed by atoms with E-state index < -0.39 is 0 Å². The molecule has 5 heteroatoms. The van der Waals surface area contributed by atoms with E-state index in [2.05, 4.69) is 42.3 Å². The van der Waals surface area contributed by atoms with Crippen molar-refractivity contribution in [2.75, 3.05) is 18.0 Å². The summed E-state index contributed by atoms with van der Waals surface area (Å²) in [6.07, 6.45) is 6.14. The van der Waals surface area contributed by atoms with Crippen molar-refractivity contribution in [1.29, 1.82) is 0 Å². The highest BCUT2D eigenvalue weighted by molar-refractivity contribution is 5.53. The van der Waals surface area contributed by atoms with Crippen LogP contribution in [0.3, 0.4) is 0 Å². The van der Waals surface area contributed by atoms with Gasteiger partial charge in [0.25, 0.3) is 0 Å². The highest BCUT2D eigenvalue weighted by Crippen LogP contribution is 2.74. The Bertz CT molecular complexity index is 1050. The lowest BCUT2D eigenvalue weighted by Crippen LogP contribution is -2.69. The van der Waals surface area contributed by atoms with Gasteiger partial charge in [0.05, 0.1) is 0 Å². The maximum atomic E-state index is 10.5. The number of nitrogens with one attached hydrogen (secondary N) is 1. The molecular formula is C25H30N4O. The number of phenols is 1. The number of benzene rings is 1. The SMILES string of the molecule is Cc1cc(C)nc(N2C[C@H]3C[C@@]45CC[C@@H]2[C@@H]3[C@@]42CCN[C@@H]5Cc3ccc(O)cc32)n1. The quantitative estimate of drug-likeness (QED) is 0.767. The van der Waals surface area contributed by atoms with E-state index in [0.717, 1.165) is 36.8 Å². The zero-order valence-electron chi connectivity index (χ0n) is 17.9. The molecule has 3 heterocycles. The Morgan fingerprint density at radius 1 is 1.13 bits per heavy atom. The molecule has 2 saturated carbocycles. The van der Waals surface area contributed by atoms with Gasteiger partial charge in [0.1, 0.15) is 5.75 Å². The van der Waals surface area contributed by atoms with Crippen LogP contribution in [0.1, 0.15) is 48.2 Å². The summed E-state index contributed by atoms with van der Waals surface area (Å²) in [5.74, 6) is 2.70. The lowest BCUT2D eigenvalue weighted by molar-refractivity contribution is -0.0264. The lowest BCUT2D eigenvalue weighted by atomic mass is 9.44. The van der Waals surface area contributed by atoms with Crippen molar-refractivity contribution in [2.45, 2.75) is 63.5 Å². The first-order chi connectivity index (χ1) is 14.5. The summed E-state index contributed by atoms with van der Waals surface area (Å²) in [5, 5.41) is 14.4. The Hall–Kier alpha value is -2.14. The Balaban J connectivity index is 1.41. The highest BCUT2D eigenvalue weighted by Gasteiger charge is 2.75. The molecule has 7 rings (SSSR count). The van der Waals surface area contributed by atoms with Crippen molar-refractivity contribution in [3.63, 3.8) is 0 Å². The number of aromatic nitrogens is 2. The van der Waals surface area contributed by atoms with Gasteiger partial charge in [-0.1, -0.05) is 6.07 Å². The zero-order chi connectivity index (χ0) is 20.3. The molecule has 3 aliphatic carbocycles. The van der Waals surface area contributed by atoms with Crippen LogP contribution in [0.25, 0.3) is 0 Å². The van der Waals surface area contributed by atoms with Crippen molar-refractivity contribution in [3.8, 4) is 5.75 Å². The first kappa shape index (κ1) is 17.5. The molecule has 30 heavy (non-hydrogen) atoms. The van der Waals surface area contributed by atoms with Crippen molar-refractivity contribution < 1.29 is 5.11 Å². The number of hydrogen-bond acceptors (Lipinski definition) is 5. The third-order valence-corrected chi connectivity index (χ3v) is 9.53. The molecule has 4 bridgehead atoms. The van der Waals surface area contributed by atoms with Crippen molar-refractivity contribution in [1.82, 2.24) is 15.3 Å². The first-order valence-electron chi connectivity index (χ1n) is 11.7. The fraction of sp³-hybridized carbons (Fsp3) is 0.600. The minimum atomic E-state index is 0.191. The third-order valence-electron chi connectivity index (χ3n) is 9.53. The fourth-order valence-corrected chi connectivity index (χ4v) is 8.96. The van der Waals surface area contributed by atoms with Crippen LogP contribution in [-0.2, 0) is 11.8 Å². The van der Waals surface area contributed by atoms with Gasteiger partial charge in [-0.25, -0.2) is 9.97 Å². The maximum Gasteiger partial charge on any atom is 0.226 e. The molecule has 0 amide bonds. The Labute approximate surface area is 177 Å². The minimum absolute atomic E-state index is 0.191. The minimum Gasteiger partial charge on any atom is -0.508 e. The van der Waals surface area contributed by atoms with Crippen LogP contribution in [0.5, 0.6) is 5.75 Å². The van der Waals surface area contributed by atoms with Crippen LogP contribution in [-0.4, -0.2) is 40.2 Å². The van der Waals surface area contributed by atoms with Crippen molar-refractivity contribution >= 4 is 5.95 Å². The van der Waals surface area contributed by atoms with E-state index in [-0.39, 0.29) is 5.41 Å². The van der Waals surface area contributed by atoms with Gasteiger partial charge in [0.15, 0.2) is 0 Å². The second kappa shape index (κ2) is 5.56. The first-order valence-corrected chi connectivity index (χ1v) is 11.7. The molecule has 5 nitrogen and oxygen atoms in total. The molecule has 6 atom stereocenters. The summed E-state index contributed by atoms with van der Waals surface area (Å²) < 4.78 is 0. The summed E-state index contributed by atoms with van der Waals surface area (Å²) in [7, 11) is 0. The van der Waals surface area contributed by atoms with Gasteiger partial charge < -0.3 is 15.3 Å². The van der Waals surface area contributed by atoms with E-state index in [4.69, 9.17) is 9.97 Å². The van der Waals surface area contributed by atoms with E-state index >= 15 is 0 Å². The van der Waals surface area contributed by atoms with Crippen LogP contribution >= 0.6 is 0 Å². The second-order valence-corrected chi connectivity index (χ2v) is 10.6. The van der Waals surface area contributed by atoms with Gasteiger partial charge in [-0.3, -0.25) is 0 Å². The van der Waals surface area contributed by atoms with Crippen molar-refractivity contribution in [3.05, 3.63) is 46.8 Å². The molecular weight excluding hydrogens is 372 g/mol. The number of fused-ring (bicyclic) bond motifs is 1.